The number of hydrogen-bond donors (Lipinski definition) is 2. The third-order valence-electron chi connectivity index (χ3n) is 7.57. The molecule has 0 bridgehead atoms. The fourth-order valence-corrected chi connectivity index (χ4v) is 6.37. The van der Waals surface area contributed by atoms with Gasteiger partial charge in [0, 0.05) is 5.69 Å². The smallest absolute Gasteiger partial charge is 0.408 e. The van der Waals surface area contributed by atoms with Gasteiger partial charge in [-0.2, -0.15) is 0 Å². The number of fused-ring (bicyclic) bond motifs is 1. The van der Waals surface area contributed by atoms with Crippen LogP contribution in [0.2, 0.25) is 0 Å². The number of furan rings is 1. The first-order chi connectivity index (χ1) is 21.4. The van der Waals surface area contributed by atoms with E-state index in [-0.39, 0.29) is 19.1 Å². The fraction of sp³-hybridized carbons (Fsp3) is 0.235. The van der Waals surface area contributed by atoms with E-state index in [4.69, 9.17) is 14.1 Å². The molecule has 6 rings (SSSR count). The zero-order valence-corrected chi connectivity index (χ0v) is 25.0. The number of hydrogen-bond acceptors (Lipinski definition) is 7. The summed E-state index contributed by atoms with van der Waals surface area (Å²) in [5, 5.41) is 5.47. The van der Waals surface area contributed by atoms with E-state index in [1.165, 1.54) is 22.9 Å². The Labute approximate surface area is 259 Å². The first-order valence-electron chi connectivity index (χ1n) is 14.5. The maximum absolute atomic E-state index is 13.7. The molecule has 3 amide bonds. The van der Waals surface area contributed by atoms with Gasteiger partial charge in [-0.15, -0.1) is 0 Å². The van der Waals surface area contributed by atoms with Crippen molar-refractivity contribution in [1.82, 2.24) is 10.2 Å². The maximum Gasteiger partial charge on any atom is 0.408 e. The second-order valence-electron chi connectivity index (χ2n) is 10.7. The minimum absolute atomic E-state index is 0.0880. The summed E-state index contributed by atoms with van der Waals surface area (Å²) in [6.45, 7) is 1.97. The molecule has 2 heterocycles. The first kappa shape index (κ1) is 29.3. The van der Waals surface area contributed by atoms with Crippen LogP contribution in [-0.2, 0) is 40.3 Å². The van der Waals surface area contributed by atoms with Crippen LogP contribution in [0.5, 0.6) is 0 Å². The number of benzene rings is 3. The number of thioether (sulfide) groups is 1. The van der Waals surface area contributed by atoms with Crippen LogP contribution < -0.4 is 10.6 Å². The van der Waals surface area contributed by atoms with Crippen LogP contribution in [0.25, 0.3) is 0 Å². The highest BCUT2D eigenvalue weighted by Crippen LogP contribution is 2.42. The Morgan fingerprint density at radius 1 is 1.02 bits per heavy atom. The number of amides is 3. The van der Waals surface area contributed by atoms with Gasteiger partial charge in [0.2, 0.25) is 11.8 Å². The highest BCUT2D eigenvalue weighted by atomic mass is 32.2. The standard InChI is InChI=1S/C34H32N4O5S/c1-22(35-34(41)43-21-23-7-3-2-4-8-23)31(39)36-27-15-13-25(14-16-27)30-32(40)38(20-29-11-6-18-42-29)33(44-30)37-28-17-12-24-9-5-10-26(24)19-28/h2-4,6-8,11-19,22,30H,5,9-10,20-21H2,1H3,(H,35,41)(H,36,39)/t22-,30?/m1/s1. The topological polar surface area (TPSA) is 113 Å². The van der Waals surface area contributed by atoms with Crippen LogP contribution in [0, 0.1) is 0 Å². The lowest BCUT2D eigenvalue weighted by molar-refractivity contribution is -0.126. The van der Waals surface area contributed by atoms with Gasteiger partial charge in [0.15, 0.2) is 5.17 Å². The molecule has 1 aliphatic heterocycles. The van der Waals surface area contributed by atoms with Crippen LogP contribution in [0.3, 0.4) is 0 Å². The molecule has 2 N–H and O–H groups in total. The van der Waals surface area contributed by atoms with E-state index in [1.807, 2.05) is 54.6 Å². The molecule has 3 aromatic carbocycles. The molecule has 9 nitrogen and oxygen atoms in total. The third-order valence-corrected chi connectivity index (χ3v) is 8.80. The Balaban J connectivity index is 1.10. The second kappa shape index (κ2) is 13.2. The minimum Gasteiger partial charge on any atom is -0.467 e. The Hall–Kier alpha value is -4.83. The number of carbonyl (C=O) groups excluding carboxylic acids is 3. The van der Waals surface area contributed by atoms with Gasteiger partial charge in [-0.3, -0.25) is 14.5 Å². The van der Waals surface area contributed by atoms with E-state index in [2.05, 4.69) is 22.8 Å². The van der Waals surface area contributed by atoms with Gasteiger partial charge in [0.05, 0.1) is 18.5 Å². The van der Waals surface area contributed by atoms with Crippen molar-refractivity contribution in [2.24, 2.45) is 4.99 Å². The first-order valence-corrected chi connectivity index (χ1v) is 15.4. The Kier molecular flexibility index (Phi) is 8.79. The van der Waals surface area contributed by atoms with Gasteiger partial charge in [-0.1, -0.05) is 60.3 Å². The highest BCUT2D eigenvalue weighted by molar-refractivity contribution is 8.15. The van der Waals surface area contributed by atoms with Gasteiger partial charge in [0.1, 0.15) is 23.7 Å². The lowest BCUT2D eigenvalue weighted by Crippen LogP contribution is -2.41. The van der Waals surface area contributed by atoms with Gasteiger partial charge in [0.25, 0.3) is 0 Å². The van der Waals surface area contributed by atoms with Crippen molar-refractivity contribution in [2.75, 3.05) is 5.32 Å². The summed E-state index contributed by atoms with van der Waals surface area (Å²) in [5.74, 6) is 0.190. The molecule has 10 heteroatoms. The van der Waals surface area contributed by atoms with Crippen molar-refractivity contribution in [3.63, 3.8) is 0 Å². The number of nitrogens with one attached hydrogen (secondary N) is 2. The summed E-state index contributed by atoms with van der Waals surface area (Å²) < 4.78 is 10.7. The molecule has 0 radical (unpaired) electrons. The predicted molar refractivity (Wildman–Crippen MR) is 169 cm³/mol. The van der Waals surface area contributed by atoms with E-state index < -0.39 is 23.3 Å². The molecule has 1 fully saturated rings. The SMILES string of the molecule is C[C@@H](NC(=O)OCc1ccccc1)C(=O)Nc1ccc(C2SC(=Nc3ccc4c(c3)CCC4)N(Cc3ccco3)C2=O)cc1. The molecular formula is C34H32N4O5S. The van der Waals surface area contributed by atoms with E-state index in [1.54, 1.807) is 36.3 Å². The lowest BCUT2D eigenvalue weighted by Gasteiger charge is -2.16. The molecule has 2 atom stereocenters. The monoisotopic (exact) mass is 608 g/mol. The van der Waals surface area contributed by atoms with E-state index >= 15 is 0 Å². The Morgan fingerprint density at radius 2 is 1.82 bits per heavy atom. The average molecular weight is 609 g/mol. The Morgan fingerprint density at radius 3 is 2.59 bits per heavy atom. The summed E-state index contributed by atoms with van der Waals surface area (Å²) >= 11 is 1.40. The van der Waals surface area contributed by atoms with Crippen LogP contribution >= 0.6 is 11.8 Å². The summed E-state index contributed by atoms with van der Waals surface area (Å²) in [6, 6.07) is 25.5. The predicted octanol–water partition coefficient (Wildman–Crippen LogP) is 6.53. The van der Waals surface area contributed by atoms with E-state index in [9.17, 15) is 14.4 Å². The summed E-state index contributed by atoms with van der Waals surface area (Å²) in [7, 11) is 0. The van der Waals surface area contributed by atoms with E-state index in [0.29, 0.717) is 16.6 Å². The number of aryl methyl sites for hydroxylation is 2. The van der Waals surface area contributed by atoms with Gasteiger partial charge in [-0.25, -0.2) is 9.79 Å². The van der Waals surface area contributed by atoms with Crippen LogP contribution in [0.1, 0.15) is 46.6 Å². The third kappa shape index (κ3) is 6.86. The lowest BCUT2D eigenvalue weighted by atomic mass is 10.1. The van der Waals surface area contributed by atoms with Crippen molar-refractivity contribution < 1.29 is 23.5 Å². The molecular weight excluding hydrogens is 576 g/mol. The van der Waals surface area contributed by atoms with Crippen molar-refractivity contribution in [1.29, 1.82) is 0 Å². The van der Waals surface area contributed by atoms with E-state index in [0.717, 1.165) is 36.1 Å². The quantitative estimate of drug-likeness (QED) is 0.224. The number of ether oxygens (including phenoxy) is 1. The molecule has 0 spiro atoms. The van der Waals surface area contributed by atoms with Crippen LogP contribution in [0.15, 0.2) is 101 Å². The average Bonchev–Trinajstić information content (AvgIpc) is 3.79. The normalized spacial score (nSPS) is 17.4. The van der Waals surface area contributed by atoms with Gasteiger partial charge < -0.3 is 19.8 Å². The summed E-state index contributed by atoms with van der Waals surface area (Å²) in [4.78, 5) is 45.1. The summed E-state index contributed by atoms with van der Waals surface area (Å²) in [6.07, 6.45) is 4.21. The number of amidine groups is 1. The summed E-state index contributed by atoms with van der Waals surface area (Å²) in [5.41, 5.74) is 5.70. The maximum atomic E-state index is 13.7. The number of aliphatic imine (C=N–C) groups is 1. The molecule has 44 heavy (non-hydrogen) atoms. The number of carbonyl (C=O) groups is 3. The minimum atomic E-state index is -0.821. The number of alkyl carbamates (subject to hydrolysis) is 1. The number of nitrogens with zero attached hydrogens (tertiary/aromatic N) is 2. The van der Waals surface area contributed by atoms with Gasteiger partial charge in [-0.05, 0) is 84.8 Å². The molecule has 1 aromatic heterocycles. The van der Waals surface area contributed by atoms with Crippen LogP contribution in [-0.4, -0.2) is 34.0 Å². The van der Waals surface area contributed by atoms with Crippen molar-refractivity contribution in [3.8, 4) is 0 Å². The molecule has 1 aliphatic carbocycles. The zero-order valence-electron chi connectivity index (χ0n) is 24.2. The van der Waals surface area contributed by atoms with Crippen LogP contribution in [0.4, 0.5) is 16.2 Å². The van der Waals surface area contributed by atoms with Crippen molar-refractivity contribution in [3.05, 3.63) is 119 Å². The molecule has 224 valence electrons. The highest BCUT2D eigenvalue weighted by Gasteiger charge is 2.39. The van der Waals surface area contributed by atoms with Crippen molar-refractivity contribution >= 4 is 46.2 Å². The molecule has 1 unspecified atom stereocenters. The van der Waals surface area contributed by atoms with Gasteiger partial charge >= 0.3 is 6.09 Å². The largest absolute Gasteiger partial charge is 0.467 e. The molecule has 0 saturated carbocycles. The molecule has 4 aromatic rings. The number of rotatable bonds is 9. The second-order valence-corrected chi connectivity index (χ2v) is 11.8. The molecule has 1 saturated heterocycles. The number of anilines is 1. The van der Waals surface area contributed by atoms with Crippen molar-refractivity contribution in [2.45, 2.75) is 50.6 Å². The zero-order chi connectivity index (χ0) is 30.5. The molecule has 2 aliphatic rings. The fourth-order valence-electron chi connectivity index (χ4n) is 5.19. The Bertz CT molecular complexity index is 1670.